The Labute approximate surface area is 97.7 Å². The van der Waals surface area contributed by atoms with Crippen LogP contribution in [0.3, 0.4) is 0 Å². The molecule has 82 valence electrons. The number of fused-ring (bicyclic) bond motifs is 1. The van der Waals surface area contributed by atoms with Gasteiger partial charge in [0.15, 0.2) is 4.77 Å². The van der Waals surface area contributed by atoms with Crippen LogP contribution in [0.5, 0.6) is 0 Å². The highest BCUT2D eigenvalue weighted by Crippen LogP contribution is 2.33. The minimum atomic E-state index is 0.0428. The Morgan fingerprint density at radius 3 is 2.88 bits per heavy atom. The molecule has 1 aliphatic rings. The second-order valence-corrected chi connectivity index (χ2v) is 4.77. The Balaban J connectivity index is 2.43. The third-order valence-electron chi connectivity index (χ3n) is 3.00. The predicted molar refractivity (Wildman–Crippen MR) is 66.4 cm³/mol. The van der Waals surface area contributed by atoms with Gasteiger partial charge in [0, 0.05) is 6.04 Å². The van der Waals surface area contributed by atoms with E-state index >= 15 is 0 Å². The number of aryl methyl sites for hydroxylation is 1. The molecular formula is C12H12N2OS. The van der Waals surface area contributed by atoms with E-state index in [4.69, 9.17) is 12.2 Å². The standard InChI is InChI=1S/C12H12N2OS/c1-7-2-5-9-10(6-7)13-12(16)14(11(9)15)8-3-4-8/h2,5-6,8H,3-4H2,1H3,(H,13,16). The van der Waals surface area contributed by atoms with Gasteiger partial charge in [-0.15, -0.1) is 0 Å². The molecule has 3 nitrogen and oxygen atoms in total. The molecule has 0 aliphatic heterocycles. The molecule has 0 atom stereocenters. The van der Waals surface area contributed by atoms with Crippen molar-refractivity contribution in [2.75, 3.05) is 0 Å². The summed E-state index contributed by atoms with van der Waals surface area (Å²) in [4.78, 5) is 15.4. The first kappa shape index (κ1) is 9.78. The van der Waals surface area contributed by atoms with E-state index in [2.05, 4.69) is 4.98 Å². The maximum Gasteiger partial charge on any atom is 0.262 e. The first-order valence-corrected chi connectivity index (χ1v) is 5.83. The maximum absolute atomic E-state index is 12.2. The lowest BCUT2D eigenvalue weighted by Crippen LogP contribution is -2.21. The van der Waals surface area contributed by atoms with Crippen LogP contribution in [0, 0.1) is 11.7 Å². The summed E-state index contributed by atoms with van der Waals surface area (Å²) in [5.74, 6) is 0. The molecule has 0 unspecified atom stereocenters. The summed E-state index contributed by atoms with van der Waals surface area (Å²) in [6.45, 7) is 2.00. The van der Waals surface area contributed by atoms with Gasteiger partial charge in [0.2, 0.25) is 0 Å². The number of aromatic nitrogens is 2. The van der Waals surface area contributed by atoms with Crippen molar-refractivity contribution in [3.63, 3.8) is 0 Å². The summed E-state index contributed by atoms with van der Waals surface area (Å²) < 4.78 is 2.26. The highest BCUT2D eigenvalue weighted by atomic mass is 32.1. The Bertz CT molecular complexity index is 679. The second kappa shape index (κ2) is 3.28. The van der Waals surface area contributed by atoms with E-state index in [0.717, 1.165) is 29.3 Å². The van der Waals surface area contributed by atoms with Gasteiger partial charge in [-0.1, -0.05) is 6.07 Å². The molecule has 1 aromatic heterocycles. The summed E-state index contributed by atoms with van der Waals surface area (Å²) in [6.07, 6.45) is 2.13. The maximum atomic E-state index is 12.2. The van der Waals surface area contributed by atoms with Crippen LogP contribution in [0.4, 0.5) is 0 Å². The van der Waals surface area contributed by atoms with Gasteiger partial charge in [-0.3, -0.25) is 9.36 Å². The number of benzene rings is 1. The van der Waals surface area contributed by atoms with E-state index in [9.17, 15) is 4.79 Å². The molecule has 0 bridgehead atoms. The summed E-state index contributed by atoms with van der Waals surface area (Å²) in [5, 5.41) is 0.728. The summed E-state index contributed by atoms with van der Waals surface area (Å²) >= 11 is 5.23. The van der Waals surface area contributed by atoms with Gasteiger partial charge < -0.3 is 4.98 Å². The molecule has 0 saturated heterocycles. The molecule has 0 amide bonds. The van der Waals surface area contributed by atoms with Crippen molar-refractivity contribution < 1.29 is 0 Å². The topological polar surface area (TPSA) is 37.8 Å². The largest absolute Gasteiger partial charge is 0.332 e. The molecule has 1 saturated carbocycles. The molecule has 2 aromatic rings. The number of hydrogen-bond acceptors (Lipinski definition) is 2. The van der Waals surface area contributed by atoms with Gasteiger partial charge in [-0.25, -0.2) is 0 Å². The molecular weight excluding hydrogens is 220 g/mol. The molecule has 1 aromatic carbocycles. The van der Waals surface area contributed by atoms with Crippen LogP contribution in [0.15, 0.2) is 23.0 Å². The van der Waals surface area contributed by atoms with Crippen molar-refractivity contribution in [1.82, 2.24) is 9.55 Å². The Hall–Kier alpha value is -1.42. The lowest BCUT2D eigenvalue weighted by atomic mass is 10.2. The molecule has 4 heteroatoms. The number of aromatic amines is 1. The number of rotatable bonds is 1. The quantitative estimate of drug-likeness (QED) is 0.768. The van der Waals surface area contributed by atoms with E-state index in [1.807, 2.05) is 25.1 Å². The summed E-state index contributed by atoms with van der Waals surface area (Å²) in [5.41, 5.74) is 2.01. The van der Waals surface area contributed by atoms with Gasteiger partial charge >= 0.3 is 0 Å². The average Bonchev–Trinajstić information content (AvgIpc) is 3.01. The predicted octanol–water partition coefficient (Wildman–Crippen LogP) is 2.70. The number of nitrogens with zero attached hydrogens (tertiary/aromatic N) is 1. The van der Waals surface area contributed by atoms with Crippen LogP contribution in [0.1, 0.15) is 24.4 Å². The lowest BCUT2D eigenvalue weighted by Gasteiger charge is -2.06. The fraction of sp³-hybridized carbons (Fsp3) is 0.333. The molecule has 16 heavy (non-hydrogen) atoms. The van der Waals surface area contributed by atoms with Crippen LogP contribution in [-0.4, -0.2) is 9.55 Å². The Morgan fingerprint density at radius 1 is 1.44 bits per heavy atom. The van der Waals surface area contributed by atoms with Crippen molar-refractivity contribution in [3.8, 4) is 0 Å². The van der Waals surface area contributed by atoms with Crippen molar-refractivity contribution >= 4 is 23.1 Å². The fourth-order valence-electron chi connectivity index (χ4n) is 2.01. The van der Waals surface area contributed by atoms with E-state index in [0.29, 0.717) is 10.8 Å². The van der Waals surface area contributed by atoms with Crippen molar-refractivity contribution in [2.45, 2.75) is 25.8 Å². The van der Waals surface area contributed by atoms with Crippen LogP contribution in [0.25, 0.3) is 10.9 Å². The van der Waals surface area contributed by atoms with Crippen molar-refractivity contribution in [3.05, 3.63) is 38.9 Å². The van der Waals surface area contributed by atoms with E-state index in [-0.39, 0.29) is 5.56 Å². The monoisotopic (exact) mass is 232 g/mol. The zero-order chi connectivity index (χ0) is 11.3. The SMILES string of the molecule is Cc1ccc2c(=O)n(C3CC3)c(=S)[nH]c2c1. The molecule has 1 N–H and O–H groups in total. The third kappa shape index (κ3) is 1.41. The smallest absolute Gasteiger partial charge is 0.262 e. The van der Waals surface area contributed by atoms with Crippen LogP contribution < -0.4 is 5.56 Å². The van der Waals surface area contributed by atoms with Gasteiger partial charge in [-0.05, 0) is 49.7 Å². The van der Waals surface area contributed by atoms with Crippen LogP contribution in [-0.2, 0) is 0 Å². The highest BCUT2D eigenvalue weighted by Gasteiger charge is 2.26. The van der Waals surface area contributed by atoms with E-state index in [1.165, 1.54) is 0 Å². The molecule has 0 spiro atoms. The molecule has 1 fully saturated rings. The summed E-state index contributed by atoms with van der Waals surface area (Å²) in [7, 11) is 0. The molecule has 1 aliphatic carbocycles. The normalized spacial score (nSPS) is 15.6. The fourth-order valence-corrected chi connectivity index (χ4v) is 2.35. The molecule has 0 radical (unpaired) electrons. The van der Waals surface area contributed by atoms with Gasteiger partial charge in [0.25, 0.3) is 5.56 Å². The zero-order valence-electron chi connectivity index (χ0n) is 8.99. The van der Waals surface area contributed by atoms with Crippen molar-refractivity contribution in [1.29, 1.82) is 0 Å². The van der Waals surface area contributed by atoms with Crippen molar-refractivity contribution in [2.24, 2.45) is 0 Å². The van der Waals surface area contributed by atoms with Gasteiger partial charge in [0.05, 0.1) is 10.9 Å². The Kier molecular flexibility index (Phi) is 2.01. The lowest BCUT2D eigenvalue weighted by molar-refractivity contribution is 0.686. The number of hydrogen-bond donors (Lipinski definition) is 1. The van der Waals surface area contributed by atoms with Gasteiger partial charge in [-0.2, -0.15) is 0 Å². The molecule has 1 heterocycles. The zero-order valence-corrected chi connectivity index (χ0v) is 9.80. The average molecular weight is 232 g/mol. The second-order valence-electron chi connectivity index (χ2n) is 4.39. The third-order valence-corrected chi connectivity index (χ3v) is 3.30. The minimum absolute atomic E-state index is 0.0428. The number of H-pyrrole nitrogens is 1. The van der Waals surface area contributed by atoms with Gasteiger partial charge in [0.1, 0.15) is 0 Å². The van der Waals surface area contributed by atoms with E-state index < -0.39 is 0 Å². The van der Waals surface area contributed by atoms with E-state index in [1.54, 1.807) is 4.57 Å². The molecule has 3 rings (SSSR count). The highest BCUT2D eigenvalue weighted by molar-refractivity contribution is 7.71. The number of nitrogens with one attached hydrogen (secondary N) is 1. The van der Waals surface area contributed by atoms with Crippen LogP contribution in [0.2, 0.25) is 0 Å². The van der Waals surface area contributed by atoms with Crippen LogP contribution >= 0.6 is 12.2 Å². The first-order chi connectivity index (χ1) is 7.66. The Morgan fingerprint density at radius 2 is 2.19 bits per heavy atom. The minimum Gasteiger partial charge on any atom is -0.332 e. The summed E-state index contributed by atoms with van der Waals surface area (Å²) in [6, 6.07) is 6.11. The first-order valence-electron chi connectivity index (χ1n) is 5.42.